The van der Waals surface area contributed by atoms with Crippen molar-refractivity contribution < 1.29 is 19.8 Å². The third-order valence-electron chi connectivity index (χ3n) is 7.24. The normalized spacial score (nSPS) is 14.3. The molecule has 0 saturated carbocycles. The van der Waals surface area contributed by atoms with E-state index in [1.807, 2.05) is 24.3 Å². The highest BCUT2D eigenvalue weighted by molar-refractivity contribution is 5.92. The molecule has 1 fully saturated rings. The molecule has 5 rings (SSSR count). The van der Waals surface area contributed by atoms with E-state index in [4.69, 9.17) is 0 Å². The second-order valence-corrected chi connectivity index (χ2v) is 9.47. The Morgan fingerprint density at radius 2 is 0.658 bits per heavy atom. The number of carbonyl (C=O) groups excluding carboxylic acids is 2. The zero-order valence-electron chi connectivity index (χ0n) is 21.0. The summed E-state index contributed by atoms with van der Waals surface area (Å²) in [5.41, 5.74) is -1.78. The fraction of sp³-hybridized carbons (Fsp3) is 0.188. The molecular formula is C32H30N2O4. The predicted octanol–water partition coefficient (Wildman–Crippen LogP) is 3.53. The first-order valence-electron chi connectivity index (χ1n) is 12.7. The van der Waals surface area contributed by atoms with Crippen LogP contribution in [0.3, 0.4) is 0 Å². The van der Waals surface area contributed by atoms with Crippen LogP contribution in [0.2, 0.25) is 0 Å². The van der Waals surface area contributed by atoms with E-state index in [-0.39, 0.29) is 26.2 Å². The molecule has 0 radical (unpaired) electrons. The van der Waals surface area contributed by atoms with E-state index in [0.29, 0.717) is 22.3 Å². The Morgan fingerprint density at radius 3 is 0.868 bits per heavy atom. The molecule has 4 aromatic carbocycles. The van der Waals surface area contributed by atoms with Gasteiger partial charge in [-0.15, -0.1) is 0 Å². The molecule has 0 aromatic heterocycles. The van der Waals surface area contributed by atoms with E-state index in [0.717, 1.165) is 0 Å². The van der Waals surface area contributed by atoms with Gasteiger partial charge in [-0.2, -0.15) is 0 Å². The van der Waals surface area contributed by atoms with Crippen LogP contribution in [0.4, 0.5) is 0 Å². The molecule has 1 aliphatic heterocycles. The topological polar surface area (TPSA) is 81.1 Å². The summed E-state index contributed by atoms with van der Waals surface area (Å²) < 4.78 is 0. The molecule has 6 nitrogen and oxygen atoms in total. The van der Waals surface area contributed by atoms with Gasteiger partial charge in [-0.1, -0.05) is 121 Å². The summed E-state index contributed by atoms with van der Waals surface area (Å²) >= 11 is 0. The molecule has 2 amide bonds. The summed E-state index contributed by atoms with van der Waals surface area (Å²) in [5, 5.41) is 23.7. The van der Waals surface area contributed by atoms with Crippen LogP contribution in [0.5, 0.6) is 0 Å². The quantitative estimate of drug-likeness (QED) is 0.419. The molecule has 0 unspecified atom stereocenters. The molecule has 2 N–H and O–H groups in total. The molecule has 0 spiro atoms. The van der Waals surface area contributed by atoms with E-state index >= 15 is 0 Å². The van der Waals surface area contributed by atoms with Gasteiger partial charge >= 0.3 is 0 Å². The van der Waals surface area contributed by atoms with Crippen LogP contribution >= 0.6 is 0 Å². The fourth-order valence-electron chi connectivity index (χ4n) is 5.11. The molecule has 0 atom stereocenters. The van der Waals surface area contributed by atoms with Crippen molar-refractivity contribution in [3.05, 3.63) is 144 Å². The number of benzene rings is 4. The van der Waals surface area contributed by atoms with Crippen LogP contribution in [-0.4, -0.2) is 58.0 Å². The van der Waals surface area contributed by atoms with E-state index in [2.05, 4.69) is 0 Å². The second kappa shape index (κ2) is 10.6. The monoisotopic (exact) mass is 506 g/mol. The Hall–Kier alpha value is -4.26. The second-order valence-electron chi connectivity index (χ2n) is 9.47. The standard InChI is InChI=1S/C32H30N2O4/c35-29(31(37,25-13-5-1-6-14-25)26-15-7-2-8-16-26)33-21-23-34(24-22-33)30(36)32(38,27-17-9-3-10-18-27)28-19-11-4-12-20-28/h1-20,37-38H,21-24H2. The zero-order chi connectivity index (χ0) is 26.6. The van der Waals surface area contributed by atoms with Crippen LogP contribution < -0.4 is 0 Å². The number of aliphatic hydroxyl groups is 2. The van der Waals surface area contributed by atoms with E-state index in [1.165, 1.54) is 0 Å². The van der Waals surface area contributed by atoms with Crippen LogP contribution in [0.15, 0.2) is 121 Å². The maximum Gasteiger partial charge on any atom is 0.264 e. The van der Waals surface area contributed by atoms with Crippen LogP contribution in [0.1, 0.15) is 22.3 Å². The van der Waals surface area contributed by atoms with Crippen molar-refractivity contribution >= 4 is 11.8 Å². The highest BCUT2D eigenvalue weighted by Crippen LogP contribution is 2.34. The van der Waals surface area contributed by atoms with E-state index in [9.17, 15) is 19.8 Å². The zero-order valence-corrected chi connectivity index (χ0v) is 21.0. The molecule has 1 heterocycles. The van der Waals surface area contributed by atoms with Crippen LogP contribution in [0, 0.1) is 0 Å². The molecule has 1 aliphatic rings. The van der Waals surface area contributed by atoms with Crippen molar-refractivity contribution in [1.82, 2.24) is 9.80 Å². The summed E-state index contributed by atoms with van der Waals surface area (Å²) in [6.07, 6.45) is 0. The maximum absolute atomic E-state index is 13.9. The molecule has 0 bridgehead atoms. The first kappa shape index (κ1) is 25.4. The van der Waals surface area contributed by atoms with Gasteiger partial charge in [0.25, 0.3) is 11.8 Å². The van der Waals surface area contributed by atoms with Crippen LogP contribution in [0.25, 0.3) is 0 Å². The van der Waals surface area contributed by atoms with Crippen molar-refractivity contribution in [2.24, 2.45) is 0 Å². The third-order valence-corrected chi connectivity index (χ3v) is 7.24. The Kier molecular flexibility index (Phi) is 7.09. The van der Waals surface area contributed by atoms with Crippen molar-refractivity contribution in [2.45, 2.75) is 11.2 Å². The average Bonchev–Trinajstić information content (AvgIpc) is 3.01. The molecule has 0 aliphatic carbocycles. The van der Waals surface area contributed by atoms with Gasteiger partial charge in [0, 0.05) is 26.2 Å². The first-order valence-corrected chi connectivity index (χ1v) is 12.7. The number of nitrogens with zero attached hydrogens (tertiary/aromatic N) is 2. The van der Waals surface area contributed by atoms with Gasteiger partial charge in [0.05, 0.1) is 0 Å². The summed E-state index contributed by atoms with van der Waals surface area (Å²) in [5.74, 6) is -0.883. The maximum atomic E-state index is 13.9. The number of hydrogen-bond acceptors (Lipinski definition) is 4. The third kappa shape index (κ3) is 4.49. The van der Waals surface area contributed by atoms with E-state index < -0.39 is 23.0 Å². The summed E-state index contributed by atoms with van der Waals surface area (Å²) in [6.45, 7) is 0.914. The van der Waals surface area contributed by atoms with Gasteiger partial charge in [0.2, 0.25) is 0 Å². The molecular weight excluding hydrogens is 476 g/mol. The van der Waals surface area contributed by atoms with Crippen LogP contribution in [-0.2, 0) is 20.8 Å². The molecule has 192 valence electrons. The summed E-state index contributed by atoms with van der Waals surface area (Å²) in [7, 11) is 0. The summed E-state index contributed by atoms with van der Waals surface area (Å²) in [4.78, 5) is 30.9. The predicted molar refractivity (Wildman–Crippen MR) is 145 cm³/mol. The minimum absolute atomic E-state index is 0.228. The lowest BCUT2D eigenvalue weighted by Crippen LogP contribution is -2.58. The lowest BCUT2D eigenvalue weighted by atomic mass is 9.84. The van der Waals surface area contributed by atoms with Gasteiger partial charge in [0.1, 0.15) is 0 Å². The highest BCUT2D eigenvalue weighted by Gasteiger charge is 2.46. The Balaban J connectivity index is 1.40. The smallest absolute Gasteiger partial charge is 0.264 e. The molecule has 6 heteroatoms. The highest BCUT2D eigenvalue weighted by atomic mass is 16.3. The largest absolute Gasteiger partial charge is 0.372 e. The van der Waals surface area contributed by atoms with Crippen molar-refractivity contribution in [3.8, 4) is 0 Å². The first-order chi connectivity index (χ1) is 18.5. The average molecular weight is 507 g/mol. The number of rotatable bonds is 6. The minimum atomic E-state index is -1.86. The Bertz CT molecular complexity index is 1180. The number of carbonyl (C=O) groups is 2. The lowest BCUT2D eigenvalue weighted by molar-refractivity contribution is -0.157. The fourth-order valence-corrected chi connectivity index (χ4v) is 5.11. The van der Waals surface area contributed by atoms with Gasteiger partial charge in [-0.05, 0) is 22.3 Å². The van der Waals surface area contributed by atoms with Crippen molar-refractivity contribution in [1.29, 1.82) is 0 Å². The Labute approximate surface area is 222 Å². The number of piperazine rings is 1. The van der Waals surface area contributed by atoms with Gasteiger partial charge in [0.15, 0.2) is 11.2 Å². The van der Waals surface area contributed by atoms with Crippen molar-refractivity contribution in [3.63, 3.8) is 0 Å². The van der Waals surface area contributed by atoms with Gasteiger partial charge in [-0.25, -0.2) is 0 Å². The minimum Gasteiger partial charge on any atom is -0.372 e. The van der Waals surface area contributed by atoms with Gasteiger partial charge < -0.3 is 20.0 Å². The lowest BCUT2D eigenvalue weighted by Gasteiger charge is -2.41. The molecule has 38 heavy (non-hydrogen) atoms. The molecule has 1 saturated heterocycles. The van der Waals surface area contributed by atoms with Gasteiger partial charge in [-0.3, -0.25) is 9.59 Å². The number of amides is 2. The SMILES string of the molecule is O=C(N1CCN(C(=O)C(O)(c2ccccc2)c2ccccc2)CC1)C(O)(c1ccccc1)c1ccccc1. The Morgan fingerprint density at radius 1 is 0.447 bits per heavy atom. The summed E-state index contributed by atoms with van der Waals surface area (Å²) in [6, 6.07) is 35.6. The number of hydrogen-bond donors (Lipinski definition) is 2. The van der Waals surface area contributed by atoms with Crippen molar-refractivity contribution in [2.75, 3.05) is 26.2 Å². The van der Waals surface area contributed by atoms with E-state index in [1.54, 1.807) is 107 Å². The molecule has 4 aromatic rings.